The smallest absolute Gasteiger partial charge is 0.127 e. The van der Waals surface area contributed by atoms with Crippen molar-refractivity contribution in [2.24, 2.45) is 0 Å². The van der Waals surface area contributed by atoms with Gasteiger partial charge in [-0.25, -0.2) is 4.39 Å². The number of aliphatic hydroxyl groups excluding tert-OH is 1. The first-order valence-corrected chi connectivity index (χ1v) is 5.87. The number of halogens is 1. The highest BCUT2D eigenvalue weighted by Crippen LogP contribution is 2.18. The van der Waals surface area contributed by atoms with Crippen molar-refractivity contribution in [3.63, 3.8) is 0 Å². The summed E-state index contributed by atoms with van der Waals surface area (Å²) in [5.74, 6) is 0.125. The van der Waals surface area contributed by atoms with E-state index in [1.165, 1.54) is 12.1 Å². The second-order valence-corrected chi connectivity index (χ2v) is 4.14. The second-order valence-electron chi connectivity index (χ2n) is 4.14. The highest BCUT2D eigenvalue weighted by Gasteiger charge is 2.11. The molecule has 0 saturated heterocycles. The molecule has 2 N–H and O–H groups in total. The van der Waals surface area contributed by atoms with E-state index >= 15 is 0 Å². The lowest BCUT2D eigenvalue weighted by Crippen LogP contribution is -2.25. The molecule has 96 valence electrons. The summed E-state index contributed by atoms with van der Waals surface area (Å²) in [6.07, 6.45) is -0.945. The molecule has 0 amide bonds. The monoisotopic (exact) mass is 241 g/mol. The number of rotatable bonds is 6. The summed E-state index contributed by atoms with van der Waals surface area (Å²) >= 11 is 0. The van der Waals surface area contributed by atoms with Crippen molar-refractivity contribution < 1.29 is 14.2 Å². The van der Waals surface area contributed by atoms with Gasteiger partial charge in [-0.3, -0.25) is 0 Å². The molecule has 0 radical (unpaired) electrons. The fourth-order valence-electron chi connectivity index (χ4n) is 1.37. The largest absolute Gasteiger partial charge is 0.488 e. The lowest BCUT2D eigenvalue weighted by molar-refractivity contribution is 0.0602. The molecule has 0 aromatic heterocycles. The summed E-state index contributed by atoms with van der Waals surface area (Å²) in [7, 11) is 0. The second kappa shape index (κ2) is 6.57. The van der Waals surface area contributed by atoms with Gasteiger partial charge in [-0.05, 0) is 38.1 Å². The van der Waals surface area contributed by atoms with Crippen LogP contribution in [-0.4, -0.2) is 23.9 Å². The van der Waals surface area contributed by atoms with Crippen molar-refractivity contribution in [2.45, 2.75) is 39.5 Å². The Hall–Kier alpha value is -1.13. The third-order valence-corrected chi connectivity index (χ3v) is 2.51. The van der Waals surface area contributed by atoms with Crippen LogP contribution in [0.15, 0.2) is 18.2 Å². The lowest BCUT2D eigenvalue weighted by atomic mass is 10.2. The molecule has 0 saturated carbocycles. The van der Waals surface area contributed by atoms with Gasteiger partial charge in [-0.1, -0.05) is 6.92 Å². The third-order valence-electron chi connectivity index (χ3n) is 2.51. The van der Waals surface area contributed by atoms with E-state index in [0.29, 0.717) is 12.3 Å². The standard InChI is InChI=1S/C13H20FNO2/c1-4-15-8-11-5-12(14)7-13(6-11)17-10(3)9(2)16/h5-7,9-10,15-16H,4,8H2,1-3H3. The van der Waals surface area contributed by atoms with Crippen molar-refractivity contribution in [3.05, 3.63) is 29.6 Å². The first-order valence-electron chi connectivity index (χ1n) is 5.87. The van der Waals surface area contributed by atoms with Gasteiger partial charge in [0, 0.05) is 12.6 Å². The number of nitrogens with one attached hydrogen (secondary N) is 1. The van der Waals surface area contributed by atoms with E-state index in [1.54, 1.807) is 19.9 Å². The van der Waals surface area contributed by atoms with E-state index in [9.17, 15) is 9.50 Å². The average Bonchev–Trinajstić information content (AvgIpc) is 2.25. The van der Waals surface area contributed by atoms with Gasteiger partial charge >= 0.3 is 0 Å². The summed E-state index contributed by atoms with van der Waals surface area (Å²) in [6, 6.07) is 4.58. The van der Waals surface area contributed by atoms with Crippen LogP contribution in [0.1, 0.15) is 26.3 Å². The number of hydrogen-bond donors (Lipinski definition) is 2. The summed E-state index contributed by atoms with van der Waals surface area (Å²) in [5, 5.41) is 12.5. The molecule has 0 fully saturated rings. The molecule has 1 aromatic rings. The first kappa shape index (κ1) is 13.9. The van der Waals surface area contributed by atoms with Crippen molar-refractivity contribution >= 4 is 0 Å². The molecule has 0 bridgehead atoms. The van der Waals surface area contributed by atoms with Crippen LogP contribution >= 0.6 is 0 Å². The maximum Gasteiger partial charge on any atom is 0.127 e. The molecular formula is C13H20FNO2. The van der Waals surface area contributed by atoms with Crippen molar-refractivity contribution in [1.29, 1.82) is 0 Å². The molecule has 0 heterocycles. The Kier molecular flexibility index (Phi) is 5.38. The van der Waals surface area contributed by atoms with Crippen molar-refractivity contribution in [2.75, 3.05) is 6.54 Å². The number of aliphatic hydroxyl groups is 1. The molecule has 0 aliphatic rings. The van der Waals surface area contributed by atoms with E-state index in [0.717, 1.165) is 12.1 Å². The Labute approximate surface area is 102 Å². The molecule has 0 aliphatic carbocycles. The Morgan fingerprint density at radius 2 is 2.06 bits per heavy atom. The highest BCUT2D eigenvalue weighted by atomic mass is 19.1. The normalized spacial score (nSPS) is 14.4. The molecule has 4 heteroatoms. The number of benzene rings is 1. The molecule has 0 aliphatic heterocycles. The minimum absolute atomic E-state index is 0.326. The van der Waals surface area contributed by atoms with E-state index in [2.05, 4.69) is 5.32 Å². The molecule has 1 rings (SSSR count). The van der Waals surface area contributed by atoms with Crippen LogP contribution in [-0.2, 0) is 6.54 Å². The zero-order chi connectivity index (χ0) is 12.8. The lowest BCUT2D eigenvalue weighted by Gasteiger charge is -2.17. The summed E-state index contributed by atoms with van der Waals surface area (Å²) in [6.45, 7) is 6.82. The maximum absolute atomic E-state index is 13.3. The first-order chi connectivity index (χ1) is 8.02. The van der Waals surface area contributed by atoms with Gasteiger partial charge in [0.15, 0.2) is 0 Å². The van der Waals surface area contributed by atoms with Crippen LogP contribution in [0, 0.1) is 5.82 Å². The summed E-state index contributed by atoms with van der Waals surface area (Å²) in [5.41, 5.74) is 0.833. The predicted molar refractivity (Wildman–Crippen MR) is 65.6 cm³/mol. The van der Waals surface area contributed by atoms with Crippen LogP contribution in [0.4, 0.5) is 4.39 Å². The fourth-order valence-corrected chi connectivity index (χ4v) is 1.37. The number of hydrogen-bond acceptors (Lipinski definition) is 3. The Morgan fingerprint density at radius 3 is 2.65 bits per heavy atom. The highest BCUT2D eigenvalue weighted by molar-refractivity contribution is 5.29. The van der Waals surface area contributed by atoms with Gasteiger partial charge in [0.1, 0.15) is 17.7 Å². The third kappa shape index (κ3) is 4.71. The van der Waals surface area contributed by atoms with E-state index < -0.39 is 6.10 Å². The molecule has 2 atom stereocenters. The van der Waals surface area contributed by atoms with Gasteiger partial charge in [0.25, 0.3) is 0 Å². The van der Waals surface area contributed by atoms with E-state index in [4.69, 9.17) is 4.74 Å². The quantitative estimate of drug-likeness (QED) is 0.801. The van der Waals surface area contributed by atoms with Gasteiger partial charge in [0.2, 0.25) is 0 Å². The van der Waals surface area contributed by atoms with Crippen LogP contribution < -0.4 is 10.1 Å². The summed E-state index contributed by atoms with van der Waals surface area (Å²) < 4.78 is 18.8. The average molecular weight is 241 g/mol. The Morgan fingerprint density at radius 1 is 1.35 bits per heavy atom. The van der Waals surface area contributed by atoms with Gasteiger partial charge in [0.05, 0.1) is 6.10 Å². The topological polar surface area (TPSA) is 41.5 Å². The zero-order valence-corrected chi connectivity index (χ0v) is 10.5. The SMILES string of the molecule is CCNCc1cc(F)cc(OC(C)C(C)O)c1. The van der Waals surface area contributed by atoms with Crippen LogP contribution in [0.5, 0.6) is 5.75 Å². The van der Waals surface area contributed by atoms with Crippen molar-refractivity contribution in [3.8, 4) is 5.75 Å². The minimum atomic E-state index is -0.588. The molecule has 2 unspecified atom stereocenters. The van der Waals surface area contributed by atoms with Gasteiger partial charge < -0.3 is 15.2 Å². The molecular weight excluding hydrogens is 221 g/mol. The van der Waals surface area contributed by atoms with E-state index in [1.807, 2.05) is 6.92 Å². The van der Waals surface area contributed by atoms with Gasteiger partial charge in [-0.15, -0.1) is 0 Å². The molecule has 1 aromatic carbocycles. The van der Waals surface area contributed by atoms with Crippen LogP contribution in [0.25, 0.3) is 0 Å². The zero-order valence-electron chi connectivity index (χ0n) is 10.5. The molecule has 0 spiro atoms. The summed E-state index contributed by atoms with van der Waals surface area (Å²) in [4.78, 5) is 0. The van der Waals surface area contributed by atoms with Crippen LogP contribution in [0.3, 0.4) is 0 Å². The van der Waals surface area contributed by atoms with E-state index in [-0.39, 0.29) is 11.9 Å². The number of ether oxygens (including phenoxy) is 1. The minimum Gasteiger partial charge on any atom is -0.488 e. The predicted octanol–water partition coefficient (Wildman–Crippen LogP) is 2.08. The van der Waals surface area contributed by atoms with Gasteiger partial charge in [-0.2, -0.15) is 0 Å². The molecule has 17 heavy (non-hydrogen) atoms. The van der Waals surface area contributed by atoms with Crippen LogP contribution in [0.2, 0.25) is 0 Å². The maximum atomic E-state index is 13.3. The van der Waals surface area contributed by atoms with Crippen molar-refractivity contribution in [1.82, 2.24) is 5.32 Å². The fraction of sp³-hybridized carbons (Fsp3) is 0.538. The Balaban J connectivity index is 2.74. The molecule has 3 nitrogen and oxygen atoms in total. The Bertz CT molecular complexity index is 355.